The van der Waals surface area contributed by atoms with Crippen LogP contribution in [0.25, 0.3) is 22.2 Å². The molecule has 0 bridgehead atoms. The molecule has 1 aliphatic rings. The Labute approximate surface area is 228 Å². The van der Waals surface area contributed by atoms with Crippen LogP contribution in [0.3, 0.4) is 0 Å². The van der Waals surface area contributed by atoms with Gasteiger partial charge in [-0.05, 0) is 39.9 Å². The highest BCUT2D eigenvalue weighted by molar-refractivity contribution is 5.75. The largest absolute Gasteiger partial charge is 0.392 e. The fourth-order valence-electron chi connectivity index (χ4n) is 5.48. The van der Waals surface area contributed by atoms with Gasteiger partial charge in [-0.1, -0.05) is 91.9 Å². The zero-order chi connectivity index (χ0) is 26.8. The number of nitrogens with two attached hydrogens (primary N) is 1. The molecule has 198 valence electrons. The topological polar surface area (TPSA) is 82.5 Å². The molecule has 39 heavy (non-hydrogen) atoms. The third-order valence-corrected chi connectivity index (χ3v) is 7.76. The second kappa shape index (κ2) is 11.1. The Morgan fingerprint density at radius 2 is 1.56 bits per heavy atom. The first-order valence-corrected chi connectivity index (χ1v) is 13.4. The zero-order valence-corrected chi connectivity index (χ0v) is 22.0. The molecule has 6 rings (SSSR count). The molecule has 1 aromatic heterocycles. The molecule has 0 unspecified atom stereocenters. The molecule has 0 saturated carbocycles. The Bertz CT molecular complexity index is 1550. The highest BCUT2D eigenvalue weighted by Crippen LogP contribution is 2.42. The van der Waals surface area contributed by atoms with Crippen LogP contribution in [0.1, 0.15) is 41.6 Å². The molecule has 6 nitrogen and oxygen atoms in total. The standard InChI is InChI=1S/C33H33N3O3/c1-22-31(19-36-21-35-29-8-4-5-9-30(29)36)38-33(39-32(22)25-12-10-23(20-37)11-13-25)26-16-14-24(15-17-26)28-7-3-2-6-27(28)18-34/h2-17,21-22,31-33,37H,18-20,34H2,1H3/t22-,31+,32+,33+/m1/s1. The molecule has 4 aromatic carbocycles. The summed E-state index contributed by atoms with van der Waals surface area (Å²) in [5.74, 6) is 0.0816. The fourth-order valence-corrected chi connectivity index (χ4v) is 5.48. The van der Waals surface area contributed by atoms with Crippen molar-refractivity contribution in [3.63, 3.8) is 0 Å². The van der Waals surface area contributed by atoms with Crippen LogP contribution in [0, 0.1) is 5.92 Å². The number of nitrogens with zero attached hydrogens (tertiary/aromatic N) is 2. The highest BCUT2D eigenvalue weighted by Gasteiger charge is 2.38. The van der Waals surface area contributed by atoms with Gasteiger partial charge in [0.15, 0.2) is 6.29 Å². The summed E-state index contributed by atoms with van der Waals surface area (Å²) in [6.07, 6.45) is 1.08. The molecule has 0 aliphatic carbocycles. The monoisotopic (exact) mass is 519 g/mol. The van der Waals surface area contributed by atoms with E-state index in [0.717, 1.165) is 44.4 Å². The van der Waals surface area contributed by atoms with Crippen LogP contribution in [0.2, 0.25) is 0 Å². The number of aromatic nitrogens is 2. The van der Waals surface area contributed by atoms with Crippen LogP contribution in [0.5, 0.6) is 0 Å². The molecule has 5 aromatic rings. The van der Waals surface area contributed by atoms with Gasteiger partial charge in [-0.2, -0.15) is 0 Å². The first kappa shape index (κ1) is 25.5. The van der Waals surface area contributed by atoms with Crippen LogP contribution in [0.15, 0.2) is 103 Å². The summed E-state index contributed by atoms with van der Waals surface area (Å²) in [5, 5.41) is 9.52. The second-order valence-corrected chi connectivity index (χ2v) is 10.2. The number of imidazole rings is 1. The van der Waals surface area contributed by atoms with E-state index >= 15 is 0 Å². The molecular formula is C33H33N3O3. The van der Waals surface area contributed by atoms with Gasteiger partial charge >= 0.3 is 0 Å². The number of para-hydroxylation sites is 2. The van der Waals surface area contributed by atoms with E-state index in [1.54, 1.807) is 0 Å². The van der Waals surface area contributed by atoms with Gasteiger partial charge < -0.3 is 24.9 Å². The van der Waals surface area contributed by atoms with Crippen LogP contribution < -0.4 is 5.73 Å². The van der Waals surface area contributed by atoms with Crippen LogP contribution in [-0.2, 0) is 29.2 Å². The van der Waals surface area contributed by atoms with Crippen LogP contribution in [-0.4, -0.2) is 20.8 Å². The van der Waals surface area contributed by atoms with Crippen molar-refractivity contribution >= 4 is 11.0 Å². The Kier molecular flexibility index (Phi) is 7.26. The first-order valence-electron chi connectivity index (χ1n) is 13.4. The van der Waals surface area contributed by atoms with Gasteiger partial charge in [-0.25, -0.2) is 4.98 Å². The molecule has 4 atom stereocenters. The Balaban J connectivity index is 1.32. The minimum absolute atomic E-state index is 0.0169. The lowest BCUT2D eigenvalue weighted by Crippen LogP contribution is -2.39. The van der Waals surface area contributed by atoms with Gasteiger partial charge in [-0.15, -0.1) is 0 Å². The molecule has 6 heteroatoms. The van der Waals surface area contributed by atoms with Gasteiger partial charge in [0.25, 0.3) is 0 Å². The van der Waals surface area contributed by atoms with Gasteiger partial charge in [0.05, 0.1) is 42.7 Å². The third kappa shape index (κ3) is 5.12. The summed E-state index contributed by atoms with van der Waals surface area (Å²) in [7, 11) is 0. The summed E-state index contributed by atoms with van der Waals surface area (Å²) in [5.41, 5.74) is 14.3. The quantitative estimate of drug-likeness (QED) is 0.270. The van der Waals surface area contributed by atoms with Crippen molar-refractivity contribution in [1.29, 1.82) is 0 Å². The predicted molar refractivity (Wildman–Crippen MR) is 152 cm³/mol. The second-order valence-electron chi connectivity index (χ2n) is 10.2. The van der Waals surface area contributed by atoms with Gasteiger partial charge in [-0.3, -0.25) is 0 Å². The van der Waals surface area contributed by atoms with Crippen molar-refractivity contribution in [2.45, 2.75) is 45.1 Å². The van der Waals surface area contributed by atoms with Crippen molar-refractivity contribution in [2.24, 2.45) is 11.7 Å². The predicted octanol–water partition coefficient (Wildman–Crippen LogP) is 6.15. The maximum absolute atomic E-state index is 9.52. The molecule has 1 aliphatic heterocycles. The SMILES string of the molecule is C[C@@H]1[C@H](Cn2cnc3ccccc32)O[C@H](c2ccc(-c3ccccc3CN)cc2)O[C@@H]1c1ccc(CO)cc1. The zero-order valence-electron chi connectivity index (χ0n) is 22.0. The van der Waals surface area contributed by atoms with Crippen molar-refractivity contribution in [3.05, 3.63) is 126 Å². The first-order chi connectivity index (χ1) is 19.1. The Morgan fingerprint density at radius 3 is 2.33 bits per heavy atom. The van der Waals surface area contributed by atoms with E-state index < -0.39 is 6.29 Å². The number of aliphatic hydroxyl groups is 1. The number of ether oxygens (including phenoxy) is 2. The summed E-state index contributed by atoms with van der Waals surface area (Å²) in [4.78, 5) is 4.58. The number of aliphatic hydroxyl groups excluding tert-OH is 1. The molecule has 0 radical (unpaired) electrons. The van der Waals surface area contributed by atoms with E-state index in [4.69, 9.17) is 15.2 Å². The number of benzene rings is 4. The van der Waals surface area contributed by atoms with E-state index in [-0.39, 0.29) is 24.7 Å². The van der Waals surface area contributed by atoms with E-state index in [9.17, 15) is 5.11 Å². The average Bonchev–Trinajstić information content (AvgIpc) is 3.41. The normalized spacial score (nSPS) is 21.3. The van der Waals surface area contributed by atoms with E-state index in [2.05, 4.69) is 58.9 Å². The Hall–Kier alpha value is -3.81. The van der Waals surface area contributed by atoms with Crippen molar-refractivity contribution in [1.82, 2.24) is 9.55 Å². The van der Waals surface area contributed by atoms with Crippen molar-refractivity contribution in [2.75, 3.05) is 0 Å². The lowest BCUT2D eigenvalue weighted by Gasteiger charge is -2.41. The minimum atomic E-state index is -0.526. The molecule has 0 amide bonds. The summed E-state index contributed by atoms with van der Waals surface area (Å²) in [6.45, 7) is 3.35. The summed E-state index contributed by atoms with van der Waals surface area (Å²) < 4.78 is 15.5. The highest BCUT2D eigenvalue weighted by atomic mass is 16.7. The number of hydrogen-bond acceptors (Lipinski definition) is 5. The third-order valence-electron chi connectivity index (χ3n) is 7.76. The maximum atomic E-state index is 9.52. The lowest BCUT2D eigenvalue weighted by atomic mass is 9.90. The molecule has 1 fully saturated rings. The van der Waals surface area contributed by atoms with Crippen molar-refractivity contribution in [3.8, 4) is 11.1 Å². The summed E-state index contributed by atoms with van der Waals surface area (Å²) >= 11 is 0. The smallest absolute Gasteiger partial charge is 0.184 e. The van der Waals surface area contributed by atoms with Crippen LogP contribution >= 0.6 is 0 Å². The lowest BCUT2D eigenvalue weighted by molar-refractivity contribution is -0.276. The minimum Gasteiger partial charge on any atom is -0.392 e. The molecule has 3 N–H and O–H groups in total. The molecular weight excluding hydrogens is 486 g/mol. The molecule has 2 heterocycles. The van der Waals surface area contributed by atoms with E-state index in [1.807, 2.05) is 60.9 Å². The Morgan fingerprint density at radius 1 is 0.846 bits per heavy atom. The number of fused-ring (bicyclic) bond motifs is 1. The molecule has 1 saturated heterocycles. The number of hydrogen-bond donors (Lipinski definition) is 2. The van der Waals surface area contributed by atoms with Gasteiger partial charge in [0.2, 0.25) is 0 Å². The fraction of sp³-hybridized carbons (Fsp3) is 0.242. The maximum Gasteiger partial charge on any atom is 0.184 e. The molecule has 0 spiro atoms. The summed E-state index contributed by atoms with van der Waals surface area (Å²) in [6, 6.07) is 32.8. The number of rotatable bonds is 7. The van der Waals surface area contributed by atoms with E-state index in [0.29, 0.717) is 13.1 Å². The van der Waals surface area contributed by atoms with Gasteiger partial charge in [0, 0.05) is 18.0 Å². The van der Waals surface area contributed by atoms with Crippen LogP contribution in [0.4, 0.5) is 0 Å². The van der Waals surface area contributed by atoms with Crippen molar-refractivity contribution < 1.29 is 14.6 Å². The van der Waals surface area contributed by atoms with Gasteiger partial charge in [0.1, 0.15) is 0 Å². The average molecular weight is 520 g/mol. The van der Waals surface area contributed by atoms with E-state index in [1.165, 1.54) is 0 Å².